The molecule has 0 saturated carbocycles. The van der Waals surface area contributed by atoms with Gasteiger partial charge in [-0.3, -0.25) is 9.78 Å². The van der Waals surface area contributed by atoms with Crippen LogP contribution in [0.4, 0.5) is 0 Å². The van der Waals surface area contributed by atoms with E-state index in [1.165, 1.54) is 24.0 Å². The van der Waals surface area contributed by atoms with Crippen molar-refractivity contribution >= 4 is 5.91 Å². The fourth-order valence-corrected chi connectivity index (χ4v) is 3.26. The van der Waals surface area contributed by atoms with Crippen molar-refractivity contribution in [3.8, 4) is 5.75 Å². The molecule has 2 aromatic rings. The number of pyridine rings is 1. The zero-order valence-electron chi connectivity index (χ0n) is 12.9. The van der Waals surface area contributed by atoms with Gasteiger partial charge in [0.1, 0.15) is 5.75 Å². The lowest BCUT2D eigenvalue weighted by Gasteiger charge is -2.25. The zero-order chi connectivity index (χ0) is 15.7. The first-order valence-electron chi connectivity index (χ1n) is 7.45. The lowest BCUT2D eigenvalue weighted by atomic mass is 9.78. The van der Waals surface area contributed by atoms with Crippen LogP contribution in [0.3, 0.4) is 0 Å². The number of likely N-dealkylation sites (tertiary alicyclic amines) is 1. The van der Waals surface area contributed by atoms with Crippen molar-refractivity contribution < 1.29 is 9.90 Å². The van der Waals surface area contributed by atoms with Crippen molar-refractivity contribution in [2.24, 2.45) is 5.41 Å². The van der Waals surface area contributed by atoms with Gasteiger partial charge in [-0.2, -0.15) is 0 Å². The molecule has 1 aliphatic heterocycles. The number of carbonyl (C=O) groups excluding carboxylic acids is 1. The molecule has 1 amide bonds. The Balaban J connectivity index is 1.84. The summed E-state index contributed by atoms with van der Waals surface area (Å²) in [5.74, 6) is 0.252. The summed E-state index contributed by atoms with van der Waals surface area (Å²) in [6.07, 6.45) is 2.84. The molecule has 0 bridgehead atoms. The SMILES string of the molecule is CC1(C)CN(C(=O)c2cncc(O)c2)CC1c1ccccc1. The van der Waals surface area contributed by atoms with Gasteiger partial charge >= 0.3 is 0 Å². The van der Waals surface area contributed by atoms with E-state index in [-0.39, 0.29) is 17.1 Å². The third-order valence-electron chi connectivity index (χ3n) is 4.40. The molecule has 0 aliphatic carbocycles. The Hall–Kier alpha value is -2.36. The number of nitrogens with zero attached hydrogens (tertiary/aromatic N) is 2. The highest BCUT2D eigenvalue weighted by atomic mass is 16.3. The molecule has 1 unspecified atom stereocenters. The highest BCUT2D eigenvalue weighted by Gasteiger charge is 2.42. The summed E-state index contributed by atoms with van der Waals surface area (Å²) in [7, 11) is 0. The number of amides is 1. The summed E-state index contributed by atoms with van der Waals surface area (Å²) in [6, 6.07) is 11.8. The van der Waals surface area contributed by atoms with Crippen LogP contribution >= 0.6 is 0 Å². The molecule has 1 aromatic carbocycles. The normalized spacial score (nSPS) is 20.1. The van der Waals surface area contributed by atoms with Crippen LogP contribution in [0.15, 0.2) is 48.8 Å². The van der Waals surface area contributed by atoms with Crippen LogP contribution < -0.4 is 0 Å². The van der Waals surface area contributed by atoms with E-state index in [0.717, 1.165) is 0 Å². The standard InChI is InChI=1S/C18H20N2O2/c1-18(2)12-20(11-16(18)13-6-4-3-5-7-13)17(22)14-8-15(21)10-19-9-14/h3-10,16,21H,11-12H2,1-2H3. The molecule has 1 fully saturated rings. The number of hydrogen-bond acceptors (Lipinski definition) is 3. The van der Waals surface area contributed by atoms with Crippen molar-refractivity contribution in [1.29, 1.82) is 0 Å². The summed E-state index contributed by atoms with van der Waals surface area (Å²) in [5, 5.41) is 9.50. The first-order chi connectivity index (χ1) is 10.5. The Labute approximate surface area is 130 Å². The number of carbonyl (C=O) groups is 1. The third kappa shape index (κ3) is 2.69. The second-order valence-electron chi connectivity index (χ2n) is 6.57. The largest absolute Gasteiger partial charge is 0.506 e. The Morgan fingerprint density at radius 2 is 2.00 bits per heavy atom. The van der Waals surface area contributed by atoms with E-state index in [4.69, 9.17) is 0 Å². The van der Waals surface area contributed by atoms with E-state index in [0.29, 0.717) is 24.6 Å². The molecule has 1 atom stereocenters. The van der Waals surface area contributed by atoms with Gasteiger partial charge in [0.2, 0.25) is 0 Å². The average molecular weight is 296 g/mol. The monoisotopic (exact) mass is 296 g/mol. The maximum atomic E-state index is 12.6. The van der Waals surface area contributed by atoms with Crippen LogP contribution in [0.5, 0.6) is 5.75 Å². The summed E-state index contributed by atoms with van der Waals surface area (Å²) in [6.45, 7) is 5.77. The molecule has 22 heavy (non-hydrogen) atoms. The van der Waals surface area contributed by atoms with Crippen molar-refractivity contribution in [1.82, 2.24) is 9.88 Å². The maximum Gasteiger partial charge on any atom is 0.255 e. The van der Waals surface area contributed by atoms with E-state index < -0.39 is 0 Å². The number of rotatable bonds is 2. The van der Waals surface area contributed by atoms with Crippen LogP contribution in [0, 0.1) is 5.41 Å². The summed E-state index contributed by atoms with van der Waals surface area (Å²) in [4.78, 5) is 18.4. The molecule has 114 valence electrons. The molecule has 1 saturated heterocycles. The predicted octanol–water partition coefficient (Wildman–Crippen LogP) is 3.05. The van der Waals surface area contributed by atoms with Gasteiger partial charge in [-0.1, -0.05) is 44.2 Å². The smallest absolute Gasteiger partial charge is 0.255 e. The van der Waals surface area contributed by atoms with Crippen LogP contribution in [-0.2, 0) is 0 Å². The Morgan fingerprint density at radius 3 is 2.68 bits per heavy atom. The molecule has 0 spiro atoms. The van der Waals surface area contributed by atoms with Crippen LogP contribution in [0.1, 0.15) is 35.7 Å². The minimum absolute atomic E-state index is 0.0151. The van der Waals surface area contributed by atoms with Gasteiger partial charge in [0, 0.05) is 25.2 Å². The highest BCUT2D eigenvalue weighted by molar-refractivity contribution is 5.94. The second kappa shape index (κ2) is 5.44. The molecular formula is C18H20N2O2. The maximum absolute atomic E-state index is 12.6. The van der Waals surface area contributed by atoms with Gasteiger partial charge in [0.05, 0.1) is 11.8 Å². The minimum Gasteiger partial charge on any atom is -0.506 e. The zero-order valence-corrected chi connectivity index (χ0v) is 12.9. The van der Waals surface area contributed by atoms with Gasteiger partial charge in [-0.15, -0.1) is 0 Å². The predicted molar refractivity (Wildman–Crippen MR) is 84.8 cm³/mol. The van der Waals surface area contributed by atoms with Gasteiger partial charge in [-0.25, -0.2) is 0 Å². The molecule has 1 aliphatic rings. The van der Waals surface area contributed by atoms with Crippen molar-refractivity contribution in [2.75, 3.05) is 13.1 Å². The van der Waals surface area contributed by atoms with E-state index in [1.54, 1.807) is 0 Å². The quantitative estimate of drug-likeness (QED) is 0.926. The van der Waals surface area contributed by atoms with Crippen molar-refractivity contribution in [3.05, 3.63) is 59.9 Å². The molecule has 2 heterocycles. The third-order valence-corrected chi connectivity index (χ3v) is 4.40. The summed E-state index contributed by atoms with van der Waals surface area (Å²) in [5.41, 5.74) is 1.71. The molecular weight excluding hydrogens is 276 g/mol. The number of aromatic nitrogens is 1. The fourth-order valence-electron chi connectivity index (χ4n) is 3.26. The summed E-state index contributed by atoms with van der Waals surface area (Å²) < 4.78 is 0. The molecule has 1 N–H and O–H groups in total. The van der Waals surface area contributed by atoms with Gasteiger partial charge in [0.15, 0.2) is 0 Å². The molecule has 4 nitrogen and oxygen atoms in total. The lowest BCUT2D eigenvalue weighted by Crippen LogP contribution is -2.30. The summed E-state index contributed by atoms with van der Waals surface area (Å²) >= 11 is 0. The number of aromatic hydroxyl groups is 1. The van der Waals surface area contributed by atoms with E-state index >= 15 is 0 Å². The van der Waals surface area contributed by atoms with Gasteiger partial charge in [0.25, 0.3) is 5.91 Å². The molecule has 4 heteroatoms. The van der Waals surface area contributed by atoms with Crippen LogP contribution in [0.25, 0.3) is 0 Å². The first kappa shape index (κ1) is 14.6. The van der Waals surface area contributed by atoms with Crippen molar-refractivity contribution in [2.45, 2.75) is 19.8 Å². The fraction of sp³-hybridized carbons (Fsp3) is 0.333. The van der Waals surface area contributed by atoms with Crippen molar-refractivity contribution in [3.63, 3.8) is 0 Å². The Morgan fingerprint density at radius 1 is 1.27 bits per heavy atom. The second-order valence-corrected chi connectivity index (χ2v) is 6.57. The van der Waals surface area contributed by atoms with Crippen LogP contribution in [0.2, 0.25) is 0 Å². The van der Waals surface area contributed by atoms with E-state index in [1.807, 2.05) is 23.1 Å². The highest BCUT2D eigenvalue weighted by Crippen LogP contribution is 2.42. The minimum atomic E-state index is -0.0742. The number of benzene rings is 1. The first-order valence-corrected chi connectivity index (χ1v) is 7.45. The topological polar surface area (TPSA) is 53.4 Å². The van der Waals surface area contributed by atoms with Gasteiger partial charge < -0.3 is 10.0 Å². The van der Waals surface area contributed by atoms with Gasteiger partial charge in [-0.05, 0) is 17.0 Å². The van der Waals surface area contributed by atoms with Crippen LogP contribution in [-0.4, -0.2) is 34.0 Å². The van der Waals surface area contributed by atoms with E-state index in [2.05, 4.69) is 31.0 Å². The lowest BCUT2D eigenvalue weighted by molar-refractivity contribution is 0.0777. The number of hydrogen-bond donors (Lipinski definition) is 1. The Bertz CT molecular complexity index is 682. The van der Waals surface area contributed by atoms with E-state index in [9.17, 15) is 9.90 Å². The Kier molecular flexibility index (Phi) is 3.61. The average Bonchev–Trinajstić information content (AvgIpc) is 2.83. The molecule has 3 rings (SSSR count). The molecule has 1 aromatic heterocycles. The molecule has 0 radical (unpaired) electrons.